The number of carbonyl (C=O) groups is 1. The van der Waals surface area contributed by atoms with E-state index in [0.717, 1.165) is 58.9 Å². The van der Waals surface area contributed by atoms with Crippen LogP contribution in [0.3, 0.4) is 0 Å². The van der Waals surface area contributed by atoms with E-state index in [0.29, 0.717) is 35.2 Å². The van der Waals surface area contributed by atoms with Gasteiger partial charge in [0.15, 0.2) is 11.5 Å². The Hall–Kier alpha value is -3.55. The lowest BCUT2D eigenvalue weighted by molar-refractivity contribution is 0.0953. The van der Waals surface area contributed by atoms with Gasteiger partial charge in [-0.05, 0) is 75.3 Å². The molecule has 1 aliphatic carbocycles. The largest absolute Gasteiger partial charge is 0.493 e. The molecule has 214 valence electrons. The fraction of sp³-hybridized carbons (Fsp3) is 0.333. The van der Waals surface area contributed by atoms with Gasteiger partial charge in [-0.3, -0.25) is 4.79 Å². The number of halogens is 1. The molecular formula is C33H36ClN3O3S. The Morgan fingerprint density at radius 3 is 2.66 bits per heavy atom. The van der Waals surface area contributed by atoms with E-state index in [9.17, 15) is 4.79 Å². The van der Waals surface area contributed by atoms with Gasteiger partial charge in [0.1, 0.15) is 5.01 Å². The molecule has 0 radical (unpaired) electrons. The number of hydrogen-bond donors (Lipinski definition) is 1. The van der Waals surface area contributed by atoms with E-state index in [-0.39, 0.29) is 5.91 Å². The molecule has 0 saturated carbocycles. The van der Waals surface area contributed by atoms with Crippen LogP contribution in [-0.2, 0) is 13.0 Å². The van der Waals surface area contributed by atoms with Crippen LogP contribution in [0.5, 0.6) is 11.5 Å². The lowest BCUT2D eigenvalue weighted by Gasteiger charge is -2.14. The zero-order valence-electron chi connectivity index (χ0n) is 23.8. The van der Waals surface area contributed by atoms with Gasteiger partial charge >= 0.3 is 0 Å². The number of ether oxygens (including phenoxy) is 2. The van der Waals surface area contributed by atoms with E-state index in [1.165, 1.54) is 18.4 Å². The monoisotopic (exact) mass is 589 g/mol. The average molecular weight is 590 g/mol. The third-order valence-corrected chi connectivity index (χ3v) is 8.88. The van der Waals surface area contributed by atoms with Crippen molar-refractivity contribution in [2.45, 2.75) is 52.0 Å². The van der Waals surface area contributed by atoms with E-state index in [4.69, 9.17) is 26.1 Å². The topological polar surface area (TPSA) is 65.4 Å². The Bertz CT molecular complexity index is 1560. The maximum absolute atomic E-state index is 13.4. The van der Waals surface area contributed by atoms with E-state index in [1.54, 1.807) is 25.6 Å². The van der Waals surface area contributed by atoms with Crippen LogP contribution >= 0.6 is 22.9 Å². The van der Waals surface area contributed by atoms with Crippen LogP contribution in [0.25, 0.3) is 22.0 Å². The van der Waals surface area contributed by atoms with Crippen LogP contribution in [-0.4, -0.2) is 36.2 Å². The molecule has 1 aliphatic rings. The van der Waals surface area contributed by atoms with E-state index in [1.807, 2.05) is 60.8 Å². The minimum atomic E-state index is -0.0495. The second kappa shape index (κ2) is 13.4. The summed E-state index contributed by atoms with van der Waals surface area (Å²) in [6, 6.07) is 15.7. The highest BCUT2D eigenvalue weighted by Crippen LogP contribution is 2.35. The highest BCUT2D eigenvalue weighted by molar-refractivity contribution is 7.13. The number of rotatable bonds is 11. The number of carbonyl (C=O) groups excluding carboxylic acids is 1. The summed E-state index contributed by atoms with van der Waals surface area (Å²) < 4.78 is 13.1. The number of methoxy groups -OCH3 is 2. The van der Waals surface area contributed by atoms with Crippen molar-refractivity contribution >= 4 is 28.8 Å². The number of nitrogens with zero attached hydrogens (tertiary/aromatic N) is 2. The van der Waals surface area contributed by atoms with E-state index in [2.05, 4.69) is 16.0 Å². The molecule has 41 heavy (non-hydrogen) atoms. The van der Waals surface area contributed by atoms with Gasteiger partial charge in [0, 0.05) is 29.7 Å². The molecule has 4 aromatic rings. The molecule has 0 unspecified atom stereocenters. The van der Waals surface area contributed by atoms with Crippen molar-refractivity contribution in [3.05, 3.63) is 87.4 Å². The predicted molar refractivity (Wildman–Crippen MR) is 167 cm³/mol. The molecular weight excluding hydrogens is 554 g/mol. The number of hydrogen-bond acceptors (Lipinski definition) is 5. The number of amides is 1. The van der Waals surface area contributed by atoms with E-state index < -0.39 is 0 Å². The summed E-state index contributed by atoms with van der Waals surface area (Å²) in [7, 11) is 3.28. The Balaban J connectivity index is 1.42. The van der Waals surface area contributed by atoms with Crippen LogP contribution in [0.15, 0.2) is 65.6 Å². The first-order valence-corrected chi connectivity index (χ1v) is 15.3. The number of allylic oxidation sites excluding steroid dienone is 1. The Labute approximate surface area is 251 Å². The molecule has 1 amide bonds. The molecule has 0 aliphatic heterocycles. The van der Waals surface area contributed by atoms with Crippen molar-refractivity contribution in [3.63, 3.8) is 0 Å². The van der Waals surface area contributed by atoms with Crippen molar-refractivity contribution < 1.29 is 14.3 Å². The van der Waals surface area contributed by atoms with Crippen LogP contribution < -0.4 is 14.8 Å². The van der Waals surface area contributed by atoms with Crippen LogP contribution in [0.2, 0.25) is 5.02 Å². The van der Waals surface area contributed by atoms with Crippen molar-refractivity contribution in [1.82, 2.24) is 14.9 Å². The molecule has 2 heterocycles. The van der Waals surface area contributed by atoms with Crippen molar-refractivity contribution in [2.75, 3.05) is 20.8 Å². The number of thiazole rings is 1. The maximum Gasteiger partial charge on any atom is 0.253 e. The quantitative estimate of drug-likeness (QED) is 0.179. The third kappa shape index (κ3) is 6.68. The third-order valence-electron chi connectivity index (χ3n) is 7.67. The molecule has 0 fully saturated rings. The predicted octanol–water partition coefficient (Wildman–Crippen LogP) is 8.12. The van der Waals surface area contributed by atoms with Gasteiger partial charge in [-0.25, -0.2) is 4.98 Å². The first-order valence-electron chi connectivity index (χ1n) is 14.1. The fourth-order valence-electron chi connectivity index (χ4n) is 5.37. The highest BCUT2D eigenvalue weighted by Gasteiger charge is 2.21. The lowest BCUT2D eigenvalue weighted by atomic mass is 9.97. The summed E-state index contributed by atoms with van der Waals surface area (Å²) in [5.41, 5.74) is 6.81. The minimum Gasteiger partial charge on any atom is -0.493 e. The van der Waals surface area contributed by atoms with Crippen molar-refractivity contribution in [3.8, 4) is 33.5 Å². The molecule has 8 heteroatoms. The standard InChI is InChI=1S/C33H36ClN3O3S/c1-22-26(32(38)35-17-15-23-9-5-4-6-10-23)20-29(28-21-41-33(36-28)25-11-7-8-12-27(25)34)37(22)18-16-24-13-14-30(39-2)31(19-24)40-3/h7-9,11-14,19-21H,4-6,10,15-18H2,1-3H3,(H,35,38). The minimum absolute atomic E-state index is 0.0495. The van der Waals surface area contributed by atoms with Gasteiger partial charge in [-0.2, -0.15) is 0 Å². The summed E-state index contributed by atoms with van der Waals surface area (Å²) in [4.78, 5) is 18.3. The summed E-state index contributed by atoms with van der Waals surface area (Å²) in [5.74, 6) is 1.35. The molecule has 5 rings (SSSR count). The summed E-state index contributed by atoms with van der Waals surface area (Å²) in [5, 5.41) is 6.72. The average Bonchev–Trinajstić information content (AvgIpc) is 3.61. The summed E-state index contributed by atoms with van der Waals surface area (Å²) >= 11 is 8.02. The molecule has 0 saturated heterocycles. The number of nitrogens with one attached hydrogen (secondary N) is 1. The van der Waals surface area contributed by atoms with Gasteiger partial charge in [0.25, 0.3) is 5.91 Å². The Kier molecular flexibility index (Phi) is 9.47. The van der Waals surface area contributed by atoms with Gasteiger partial charge in [-0.15, -0.1) is 11.3 Å². The Morgan fingerprint density at radius 1 is 1.07 bits per heavy atom. The maximum atomic E-state index is 13.4. The smallest absolute Gasteiger partial charge is 0.253 e. The fourth-order valence-corrected chi connectivity index (χ4v) is 6.50. The van der Waals surface area contributed by atoms with Crippen molar-refractivity contribution in [2.24, 2.45) is 0 Å². The van der Waals surface area contributed by atoms with Crippen LogP contribution in [0.4, 0.5) is 0 Å². The molecule has 2 aromatic carbocycles. The first-order chi connectivity index (χ1) is 20.0. The zero-order valence-corrected chi connectivity index (χ0v) is 25.4. The zero-order chi connectivity index (χ0) is 28.8. The first kappa shape index (κ1) is 29.0. The molecule has 2 aromatic heterocycles. The van der Waals surface area contributed by atoms with Gasteiger partial charge in [-0.1, -0.05) is 47.5 Å². The summed E-state index contributed by atoms with van der Waals surface area (Å²) in [6.07, 6.45) is 8.80. The second-order valence-corrected chi connectivity index (χ2v) is 11.5. The molecule has 1 N–H and O–H groups in total. The van der Waals surface area contributed by atoms with Crippen molar-refractivity contribution in [1.29, 1.82) is 0 Å². The number of benzene rings is 2. The van der Waals surface area contributed by atoms with E-state index >= 15 is 0 Å². The van der Waals surface area contributed by atoms with Gasteiger partial charge in [0.2, 0.25) is 0 Å². The molecule has 0 atom stereocenters. The molecule has 0 spiro atoms. The molecule has 6 nitrogen and oxygen atoms in total. The second-order valence-electron chi connectivity index (χ2n) is 10.3. The molecule has 0 bridgehead atoms. The Morgan fingerprint density at radius 2 is 1.90 bits per heavy atom. The van der Waals surface area contributed by atoms with Crippen LogP contribution in [0.1, 0.15) is 53.7 Å². The van der Waals surface area contributed by atoms with Gasteiger partial charge in [0.05, 0.1) is 36.2 Å². The number of aromatic nitrogens is 2. The lowest BCUT2D eigenvalue weighted by Crippen LogP contribution is -2.25. The normalized spacial score (nSPS) is 13.1. The number of aryl methyl sites for hydroxylation is 1. The highest BCUT2D eigenvalue weighted by atomic mass is 35.5. The van der Waals surface area contributed by atoms with Crippen LogP contribution in [0, 0.1) is 6.92 Å². The van der Waals surface area contributed by atoms with Gasteiger partial charge < -0.3 is 19.4 Å². The summed E-state index contributed by atoms with van der Waals surface area (Å²) in [6.45, 7) is 3.33. The SMILES string of the molecule is COc1ccc(CCn2c(-c3csc(-c4ccccc4Cl)n3)cc(C(=O)NCCC3=CCCCC3)c2C)cc1OC.